The van der Waals surface area contributed by atoms with Crippen LogP contribution in [0.1, 0.15) is 79.1 Å². The zero-order valence-electron chi connectivity index (χ0n) is 14.9. The van der Waals surface area contributed by atoms with Gasteiger partial charge in [0.2, 0.25) is 0 Å². The lowest BCUT2D eigenvalue weighted by Gasteiger charge is -2.22. The van der Waals surface area contributed by atoms with Crippen molar-refractivity contribution in [3.8, 4) is 0 Å². The molecule has 0 fully saturated rings. The van der Waals surface area contributed by atoms with Crippen LogP contribution < -0.4 is 0 Å². The molecule has 0 spiro atoms. The molecule has 0 bridgehead atoms. The Bertz CT molecular complexity index is 271. The van der Waals surface area contributed by atoms with Crippen molar-refractivity contribution in [2.45, 2.75) is 79.1 Å². The SMILES string of the molecule is CCCCCOC(=O)C(CC)C(CC)C(=O)OCCCCC. The molecule has 4 nitrogen and oxygen atoms in total. The van der Waals surface area contributed by atoms with Gasteiger partial charge in [-0.2, -0.15) is 0 Å². The van der Waals surface area contributed by atoms with Crippen molar-refractivity contribution in [3.05, 3.63) is 0 Å². The number of carbonyl (C=O) groups excluding carboxylic acids is 2. The van der Waals surface area contributed by atoms with Gasteiger partial charge < -0.3 is 9.47 Å². The molecule has 0 aromatic heterocycles. The fourth-order valence-electron chi connectivity index (χ4n) is 2.49. The van der Waals surface area contributed by atoms with Crippen molar-refractivity contribution in [2.24, 2.45) is 11.8 Å². The van der Waals surface area contributed by atoms with Gasteiger partial charge in [0.1, 0.15) is 0 Å². The summed E-state index contributed by atoms with van der Waals surface area (Å²) in [5.41, 5.74) is 0. The normalized spacial score (nSPS) is 13.5. The van der Waals surface area contributed by atoms with Gasteiger partial charge in [0, 0.05) is 0 Å². The number of unbranched alkanes of at least 4 members (excludes halogenated alkanes) is 4. The molecule has 0 radical (unpaired) electrons. The van der Waals surface area contributed by atoms with Crippen LogP contribution >= 0.6 is 0 Å². The van der Waals surface area contributed by atoms with Crippen molar-refractivity contribution >= 4 is 11.9 Å². The van der Waals surface area contributed by atoms with Gasteiger partial charge in [0.25, 0.3) is 0 Å². The molecule has 0 amide bonds. The third-order valence-electron chi connectivity index (χ3n) is 3.96. The molecule has 2 unspecified atom stereocenters. The first kappa shape index (κ1) is 20.9. The summed E-state index contributed by atoms with van der Waals surface area (Å²) < 4.78 is 10.7. The Balaban J connectivity index is 4.37. The van der Waals surface area contributed by atoms with Crippen molar-refractivity contribution in [1.29, 1.82) is 0 Å². The second kappa shape index (κ2) is 13.6. The lowest BCUT2D eigenvalue weighted by Crippen LogP contribution is -2.32. The quantitative estimate of drug-likeness (QED) is 0.371. The van der Waals surface area contributed by atoms with Crippen LogP contribution in [-0.4, -0.2) is 25.2 Å². The molecule has 0 aromatic rings. The van der Waals surface area contributed by atoms with Gasteiger partial charge in [-0.05, 0) is 25.7 Å². The molecule has 0 aliphatic heterocycles. The molecule has 0 aliphatic carbocycles. The summed E-state index contributed by atoms with van der Waals surface area (Å²) >= 11 is 0. The Morgan fingerprint density at radius 1 is 0.682 bits per heavy atom. The third kappa shape index (κ3) is 8.40. The summed E-state index contributed by atoms with van der Waals surface area (Å²) in [6.07, 6.45) is 7.28. The van der Waals surface area contributed by atoms with Crippen molar-refractivity contribution in [1.82, 2.24) is 0 Å². The Labute approximate surface area is 135 Å². The number of esters is 2. The first-order valence-corrected chi connectivity index (χ1v) is 8.95. The maximum atomic E-state index is 12.2. The highest BCUT2D eigenvalue weighted by Crippen LogP contribution is 2.23. The fraction of sp³-hybridized carbons (Fsp3) is 0.889. The van der Waals surface area contributed by atoms with Crippen molar-refractivity contribution in [3.63, 3.8) is 0 Å². The van der Waals surface area contributed by atoms with E-state index in [0.29, 0.717) is 26.1 Å². The number of carbonyl (C=O) groups is 2. The van der Waals surface area contributed by atoms with Gasteiger partial charge in [0.15, 0.2) is 0 Å². The van der Waals surface area contributed by atoms with Crippen LogP contribution in [0.3, 0.4) is 0 Å². The molecular weight excluding hydrogens is 280 g/mol. The summed E-state index contributed by atoms with van der Waals surface area (Å²) in [6, 6.07) is 0. The van der Waals surface area contributed by atoms with E-state index in [0.717, 1.165) is 38.5 Å². The predicted octanol–water partition coefficient (Wildman–Crippen LogP) is 4.51. The zero-order valence-corrected chi connectivity index (χ0v) is 14.9. The molecule has 0 N–H and O–H groups in total. The van der Waals surface area contributed by atoms with E-state index >= 15 is 0 Å². The van der Waals surface area contributed by atoms with E-state index in [9.17, 15) is 9.59 Å². The van der Waals surface area contributed by atoms with E-state index in [1.54, 1.807) is 0 Å². The lowest BCUT2D eigenvalue weighted by atomic mass is 9.88. The molecular formula is C18H34O4. The molecule has 0 aliphatic rings. The van der Waals surface area contributed by atoms with E-state index in [2.05, 4.69) is 13.8 Å². The van der Waals surface area contributed by atoms with Crippen LogP contribution in [0.25, 0.3) is 0 Å². The Kier molecular flexibility index (Phi) is 12.9. The van der Waals surface area contributed by atoms with Crippen molar-refractivity contribution in [2.75, 3.05) is 13.2 Å². The molecule has 0 rings (SSSR count). The minimum absolute atomic E-state index is 0.254. The Morgan fingerprint density at radius 2 is 1.05 bits per heavy atom. The van der Waals surface area contributed by atoms with E-state index in [-0.39, 0.29) is 23.8 Å². The first-order chi connectivity index (χ1) is 10.6. The Hall–Kier alpha value is -1.06. The van der Waals surface area contributed by atoms with Crippen LogP contribution in [0.4, 0.5) is 0 Å². The predicted molar refractivity (Wildman–Crippen MR) is 88.5 cm³/mol. The monoisotopic (exact) mass is 314 g/mol. The first-order valence-electron chi connectivity index (χ1n) is 8.95. The molecule has 4 heteroatoms. The van der Waals surface area contributed by atoms with Gasteiger partial charge in [-0.15, -0.1) is 0 Å². The van der Waals surface area contributed by atoms with E-state index in [1.165, 1.54) is 0 Å². The number of rotatable bonds is 13. The molecule has 0 saturated heterocycles. The third-order valence-corrected chi connectivity index (χ3v) is 3.96. The van der Waals surface area contributed by atoms with Crippen LogP contribution in [0.15, 0.2) is 0 Å². The molecule has 2 atom stereocenters. The average Bonchev–Trinajstić information content (AvgIpc) is 2.52. The zero-order chi connectivity index (χ0) is 16.8. The second-order valence-corrected chi connectivity index (χ2v) is 5.78. The summed E-state index contributed by atoms with van der Waals surface area (Å²) in [7, 11) is 0. The summed E-state index contributed by atoms with van der Waals surface area (Å²) in [5, 5.41) is 0. The summed E-state index contributed by atoms with van der Waals surface area (Å²) in [6.45, 7) is 8.96. The fourth-order valence-corrected chi connectivity index (χ4v) is 2.49. The molecule has 130 valence electrons. The van der Waals surface area contributed by atoms with E-state index in [1.807, 2.05) is 13.8 Å². The second-order valence-electron chi connectivity index (χ2n) is 5.78. The van der Waals surface area contributed by atoms with Gasteiger partial charge in [-0.25, -0.2) is 0 Å². The molecule has 0 heterocycles. The highest BCUT2D eigenvalue weighted by atomic mass is 16.5. The van der Waals surface area contributed by atoms with Crippen LogP contribution in [0.2, 0.25) is 0 Å². The standard InChI is InChI=1S/C18H34O4/c1-5-9-11-13-21-17(19)15(7-3)16(8-4)18(20)22-14-12-10-6-2/h15-16H,5-14H2,1-4H3. The van der Waals surface area contributed by atoms with Crippen molar-refractivity contribution < 1.29 is 19.1 Å². The number of ether oxygens (including phenoxy) is 2. The highest BCUT2D eigenvalue weighted by Gasteiger charge is 2.33. The van der Waals surface area contributed by atoms with Crippen LogP contribution in [-0.2, 0) is 19.1 Å². The smallest absolute Gasteiger partial charge is 0.309 e. The minimum Gasteiger partial charge on any atom is -0.465 e. The molecule has 0 aromatic carbocycles. The van der Waals surface area contributed by atoms with Gasteiger partial charge >= 0.3 is 11.9 Å². The topological polar surface area (TPSA) is 52.6 Å². The van der Waals surface area contributed by atoms with Gasteiger partial charge in [0.05, 0.1) is 25.0 Å². The van der Waals surface area contributed by atoms with E-state index in [4.69, 9.17) is 9.47 Å². The van der Waals surface area contributed by atoms with Crippen LogP contribution in [0, 0.1) is 11.8 Å². The minimum atomic E-state index is -0.384. The molecule has 0 saturated carbocycles. The van der Waals surface area contributed by atoms with E-state index < -0.39 is 0 Å². The summed E-state index contributed by atoms with van der Waals surface area (Å²) in [4.78, 5) is 24.4. The number of hydrogen-bond donors (Lipinski definition) is 0. The molecule has 22 heavy (non-hydrogen) atoms. The lowest BCUT2D eigenvalue weighted by molar-refractivity contribution is -0.161. The largest absolute Gasteiger partial charge is 0.465 e. The number of hydrogen-bond acceptors (Lipinski definition) is 4. The average molecular weight is 314 g/mol. The maximum absolute atomic E-state index is 12.2. The van der Waals surface area contributed by atoms with Gasteiger partial charge in [-0.1, -0.05) is 53.4 Å². The summed E-state index contributed by atoms with van der Waals surface area (Å²) in [5.74, 6) is -1.28. The highest BCUT2D eigenvalue weighted by molar-refractivity contribution is 5.82. The Morgan fingerprint density at radius 3 is 1.32 bits per heavy atom. The van der Waals surface area contributed by atoms with Crippen LogP contribution in [0.5, 0.6) is 0 Å². The maximum Gasteiger partial charge on any atom is 0.309 e. The van der Waals surface area contributed by atoms with Gasteiger partial charge in [-0.3, -0.25) is 9.59 Å².